The molecule has 0 radical (unpaired) electrons. The van der Waals surface area contributed by atoms with E-state index in [0.29, 0.717) is 31.1 Å². The van der Waals surface area contributed by atoms with Gasteiger partial charge >= 0.3 is 5.97 Å². The Bertz CT molecular complexity index is 1290. The summed E-state index contributed by atoms with van der Waals surface area (Å²) in [7, 11) is 0. The van der Waals surface area contributed by atoms with Crippen LogP contribution in [0.5, 0.6) is 0 Å². The number of anilines is 1. The van der Waals surface area contributed by atoms with Crippen LogP contribution in [0.15, 0.2) is 78.4 Å². The number of carbonyl (C=O) groups is 1. The van der Waals surface area contributed by atoms with Gasteiger partial charge in [0.1, 0.15) is 5.54 Å². The number of rotatable bonds is 8. The fraction of sp³-hybridized carbons (Fsp3) is 0.323. The van der Waals surface area contributed by atoms with E-state index < -0.39 is 11.5 Å². The number of carboxylic acids is 1. The fourth-order valence-electron chi connectivity index (χ4n) is 5.92. The van der Waals surface area contributed by atoms with Crippen LogP contribution in [0.4, 0.5) is 5.69 Å². The first-order valence-electron chi connectivity index (χ1n) is 12.6. The Balaban J connectivity index is 1.33. The van der Waals surface area contributed by atoms with Gasteiger partial charge in [-0.1, -0.05) is 72.3 Å². The third-order valence-corrected chi connectivity index (χ3v) is 8.27. The molecule has 186 valence electrons. The Hall–Kier alpha value is -3.08. The van der Waals surface area contributed by atoms with Crippen molar-refractivity contribution in [2.75, 3.05) is 18.5 Å². The van der Waals surface area contributed by atoms with Gasteiger partial charge in [0.05, 0.1) is 13.2 Å². The van der Waals surface area contributed by atoms with E-state index >= 15 is 0 Å². The minimum absolute atomic E-state index is 0.186. The second kappa shape index (κ2) is 10.1. The lowest BCUT2D eigenvalue weighted by molar-refractivity contribution is -0.143. The highest BCUT2D eigenvalue weighted by Gasteiger charge is 2.51. The maximum atomic E-state index is 12.5. The SMILES string of the molecule is Cc1ccccc1CCOCC1=Cc2ccccc2C12CCC(Nc1cccc(Cl)c1)(C(=O)O)CC2. The van der Waals surface area contributed by atoms with Crippen molar-refractivity contribution in [3.05, 3.63) is 106 Å². The molecule has 0 aliphatic heterocycles. The number of hydrogen-bond donors (Lipinski definition) is 2. The molecule has 0 unspecified atom stereocenters. The van der Waals surface area contributed by atoms with Gasteiger partial charge in [-0.05, 0) is 85.1 Å². The molecule has 3 aromatic rings. The van der Waals surface area contributed by atoms with Gasteiger partial charge in [0, 0.05) is 16.1 Å². The van der Waals surface area contributed by atoms with Crippen molar-refractivity contribution in [1.29, 1.82) is 0 Å². The van der Waals surface area contributed by atoms with Gasteiger partial charge in [-0.2, -0.15) is 0 Å². The second-order valence-electron chi connectivity index (χ2n) is 10.1. The molecular formula is C31H32ClNO3. The van der Waals surface area contributed by atoms with Crippen LogP contribution in [-0.2, 0) is 21.4 Å². The smallest absolute Gasteiger partial charge is 0.329 e. The summed E-state index contributed by atoms with van der Waals surface area (Å²) in [4.78, 5) is 12.5. The number of benzene rings is 3. The van der Waals surface area contributed by atoms with Crippen molar-refractivity contribution >= 4 is 29.3 Å². The lowest BCUT2D eigenvalue weighted by Crippen LogP contribution is -2.52. The largest absolute Gasteiger partial charge is 0.480 e. The van der Waals surface area contributed by atoms with Crippen LogP contribution in [0.3, 0.4) is 0 Å². The lowest BCUT2D eigenvalue weighted by Gasteiger charge is -2.45. The second-order valence-corrected chi connectivity index (χ2v) is 10.5. The first-order chi connectivity index (χ1) is 17.4. The normalized spacial score (nSPS) is 22.8. The first-order valence-corrected chi connectivity index (χ1v) is 13.0. The molecular weight excluding hydrogens is 470 g/mol. The standard InChI is InChI=1S/C31H32ClNO3/c1-22-7-2-3-8-23(22)13-18-36-21-25-19-24-9-4-5-12-28(24)30(25)14-16-31(17-15-30,29(34)35)33-27-11-6-10-26(32)20-27/h2-12,19-20,33H,13-18,21H2,1H3,(H,34,35). The quantitative estimate of drug-likeness (QED) is 0.324. The number of ether oxygens (including phenoxy) is 1. The van der Waals surface area contributed by atoms with E-state index in [1.54, 1.807) is 12.1 Å². The molecule has 3 aromatic carbocycles. The van der Waals surface area contributed by atoms with E-state index in [1.807, 2.05) is 12.1 Å². The zero-order valence-electron chi connectivity index (χ0n) is 20.6. The van der Waals surface area contributed by atoms with E-state index in [1.165, 1.54) is 27.8 Å². The van der Waals surface area contributed by atoms with Crippen LogP contribution >= 0.6 is 11.6 Å². The van der Waals surface area contributed by atoms with E-state index in [0.717, 1.165) is 24.9 Å². The van der Waals surface area contributed by atoms with Gasteiger partial charge in [0.2, 0.25) is 0 Å². The molecule has 5 heteroatoms. The average molecular weight is 502 g/mol. The molecule has 0 aromatic heterocycles. The molecule has 0 heterocycles. The number of nitrogens with one attached hydrogen (secondary N) is 1. The highest BCUT2D eigenvalue weighted by Crippen LogP contribution is 2.53. The molecule has 5 rings (SSSR count). The van der Waals surface area contributed by atoms with Crippen LogP contribution in [0.2, 0.25) is 5.02 Å². The topological polar surface area (TPSA) is 58.6 Å². The molecule has 0 atom stereocenters. The average Bonchev–Trinajstić information content (AvgIpc) is 3.17. The Morgan fingerprint density at radius 2 is 1.75 bits per heavy atom. The number of carboxylic acid groups (broad SMARTS) is 1. The summed E-state index contributed by atoms with van der Waals surface area (Å²) < 4.78 is 6.23. The number of aliphatic carboxylic acids is 1. The molecule has 1 fully saturated rings. The van der Waals surface area contributed by atoms with Crippen molar-refractivity contribution < 1.29 is 14.6 Å². The zero-order valence-corrected chi connectivity index (χ0v) is 21.4. The molecule has 2 N–H and O–H groups in total. The Morgan fingerprint density at radius 1 is 1.00 bits per heavy atom. The molecule has 4 nitrogen and oxygen atoms in total. The van der Waals surface area contributed by atoms with Gasteiger partial charge < -0.3 is 15.2 Å². The van der Waals surface area contributed by atoms with E-state index in [9.17, 15) is 9.90 Å². The molecule has 0 amide bonds. The van der Waals surface area contributed by atoms with Gasteiger partial charge in [-0.25, -0.2) is 4.79 Å². The maximum Gasteiger partial charge on any atom is 0.329 e. The van der Waals surface area contributed by atoms with Gasteiger partial charge in [-0.3, -0.25) is 0 Å². The molecule has 36 heavy (non-hydrogen) atoms. The monoisotopic (exact) mass is 501 g/mol. The molecule has 2 aliphatic rings. The summed E-state index contributed by atoms with van der Waals surface area (Å²) >= 11 is 6.16. The third-order valence-electron chi connectivity index (χ3n) is 8.03. The third kappa shape index (κ3) is 4.68. The van der Waals surface area contributed by atoms with E-state index in [4.69, 9.17) is 16.3 Å². The summed E-state index contributed by atoms with van der Waals surface area (Å²) in [5.74, 6) is -0.816. The Morgan fingerprint density at radius 3 is 2.50 bits per heavy atom. The lowest BCUT2D eigenvalue weighted by atomic mass is 9.62. The van der Waals surface area contributed by atoms with Gasteiger partial charge in [-0.15, -0.1) is 0 Å². The zero-order chi connectivity index (χ0) is 25.2. The minimum atomic E-state index is -1.02. The summed E-state index contributed by atoms with van der Waals surface area (Å²) in [5.41, 5.74) is 5.91. The highest BCUT2D eigenvalue weighted by atomic mass is 35.5. The molecule has 1 spiro atoms. The summed E-state index contributed by atoms with van der Waals surface area (Å²) in [5, 5.41) is 14.2. The molecule has 0 bridgehead atoms. The Kier molecular flexibility index (Phi) is 6.92. The number of halogens is 1. The number of aryl methyl sites for hydroxylation is 1. The van der Waals surface area contributed by atoms with Crippen molar-refractivity contribution in [2.24, 2.45) is 0 Å². The minimum Gasteiger partial charge on any atom is -0.480 e. The number of fused-ring (bicyclic) bond motifs is 2. The van der Waals surface area contributed by atoms with Crippen molar-refractivity contribution in [3.63, 3.8) is 0 Å². The van der Waals surface area contributed by atoms with Crippen LogP contribution in [0.1, 0.15) is 47.9 Å². The fourth-order valence-corrected chi connectivity index (χ4v) is 6.11. The maximum absolute atomic E-state index is 12.5. The van der Waals surface area contributed by atoms with Crippen LogP contribution < -0.4 is 5.32 Å². The van der Waals surface area contributed by atoms with Gasteiger partial charge in [0.25, 0.3) is 0 Å². The van der Waals surface area contributed by atoms with Gasteiger partial charge in [0.15, 0.2) is 0 Å². The van der Waals surface area contributed by atoms with E-state index in [2.05, 4.69) is 66.8 Å². The van der Waals surface area contributed by atoms with Crippen molar-refractivity contribution in [2.45, 2.75) is 50.0 Å². The number of hydrogen-bond acceptors (Lipinski definition) is 3. The van der Waals surface area contributed by atoms with Crippen LogP contribution in [0, 0.1) is 6.92 Å². The van der Waals surface area contributed by atoms with Crippen molar-refractivity contribution in [3.8, 4) is 0 Å². The molecule has 0 saturated heterocycles. The molecule has 1 saturated carbocycles. The highest BCUT2D eigenvalue weighted by molar-refractivity contribution is 6.30. The summed E-state index contributed by atoms with van der Waals surface area (Å²) in [6.07, 6.45) is 5.67. The molecule has 2 aliphatic carbocycles. The summed E-state index contributed by atoms with van der Waals surface area (Å²) in [6, 6.07) is 24.2. The predicted octanol–water partition coefficient (Wildman–Crippen LogP) is 7.05. The van der Waals surface area contributed by atoms with Crippen LogP contribution in [0.25, 0.3) is 6.08 Å². The van der Waals surface area contributed by atoms with Crippen molar-refractivity contribution in [1.82, 2.24) is 0 Å². The van der Waals surface area contributed by atoms with E-state index in [-0.39, 0.29) is 5.41 Å². The van der Waals surface area contributed by atoms with Crippen LogP contribution in [-0.4, -0.2) is 29.8 Å². The predicted molar refractivity (Wildman–Crippen MR) is 146 cm³/mol. The Labute approximate surface area is 218 Å². The first kappa shape index (κ1) is 24.6. The summed E-state index contributed by atoms with van der Waals surface area (Å²) in [6.45, 7) is 3.35.